The fourth-order valence-corrected chi connectivity index (χ4v) is 3.28. The summed E-state index contributed by atoms with van der Waals surface area (Å²) in [6.07, 6.45) is 1.15. The maximum Gasteiger partial charge on any atom is 0.242 e. The Morgan fingerprint density at radius 2 is 1.50 bits per heavy atom. The van der Waals surface area contributed by atoms with Crippen molar-refractivity contribution in [2.75, 3.05) is 20.5 Å². The summed E-state index contributed by atoms with van der Waals surface area (Å²) in [4.78, 5) is 4.31. The topological polar surface area (TPSA) is 94.8 Å². The van der Waals surface area contributed by atoms with Gasteiger partial charge in [0.1, 0.15) is 11.5 Å². The van der Waals surface area contributed by atoms with Crippen molar-refractivity contribution in [1.82, 2.24) is 14.4 Å². The van der Waals surface area contributed by atoms with E-state index in [1.807, 2.05) is 12.1 Å². The first-order chi connectivity index (χ1) is 13.4. The summed E-state index contributed by atoms with van der Waals surface area (Å²) in [5.41, 5.74) is 1.57. The lowest BCUT2D eigenvalue weighted by Gasteiger charge is -2.18. The summed E-state index contributed by atoms with van der Waals surface area (Å²) >= 11 is 0. The predicted octanol–water partition coefficient (Wildman–Crippen LogP) is 2.72. The highest BCUT2D eigenvalue weighted by molar-refractivity contribution is 7.88. The number of nitrogens with zero attached hydrogens (tertiary/aromatic N) is 3. The second kappa shape index (κ2) is 8.41. The highest BCUT2D eigenvalue weighted by Gasteiger charge is 2.21. The van der Waals surface area contributed by atoms with Crippen LogP contribution in [-0.2, 0) is 23.1 Å². The van der Waals surface area contributed by atoms with Gasteiger partial charge in [0.15, 0.2) is 0 Å². The lowest BCUT2D eigenvalue weighted by molar-refractivity contribution is 0.313. The first-order valence-electron chi connectivity index (χ1n) is 8.44. The van der Waals surface area contributed by atoms with Gasteiger partial charge in [0.2, 0.25) is 21.7 Å². The van der Waals surface area contributed by atoms with Crippen molar-refractivity contribution >= 4 is 10.0 Å². The Labute approximate surface area is 163 Å². The molecule has 2 aromatic carbocycles. The number of rotatable bonds is 8. The molecule has 28 heavy (non-hydrogen) atoms. The van der Waals surface area contributed by atoms with Gasteiger partial charge >= 0.3 is 0 Å². The van der Waals surface area contributed by atoms with Gasteiger partial charge in [-0.3, -0.25) is 0 Å². The molecule has 9 heteroatoms. The molecule has 0 atom stereocenters. The van der Waals surface area contributed by atoms with Gasteiger partial charge < -0.3 is 14.0 Å². The number of sulfonamides is 1. The fraction of sp³-hybridized carbons (Fsp3) is 0.263. The van der Waals surface area contributed by atoms with Gasteiger partial charge in [-0.15, -0.1) is 0 Å². The molecule has 0 aliphatic rings. The summed E-state index contributed by atoms with van der Waals surface area (Å²) in [6.45, 7) is 0.164. The van der Waals surface area contributed by atoms with Crippen LogP contribution in [0.15, 0.2) is 53.1 Å². The van der Waals surface area contributed by atoms with Gasteiger partial charge in [-0.1, -0.05) is 17.3 Å². The van der Waals surface area contributed by atoms with Crippen LogP contribution < -0.4 is 9.47 Å². The predicted molar refractivity (Wildman–Crippen MR) is 103 cm³/mol. The molecule has 3 aromatic rings. The monoisotopic (exact) mass is 403 g/mol. The van der Waals surface area contributed by atoms with Crippen molar-refractivity contribution in [3.8, 4) is 22.9 Å². The molecule has 0 fully saturated rings. The van der Waals surface area contributed by atoms with Crippen LogP contribution in [0.4, 0.5) is 0 Å². The molecule has 8 nitrogen and oxygen atoms in total. The maximum absolute atomic E-state index is 12.2. The van der Waals surface area contributed by atoms with Gasteiger partial charge in [0, 0.05) is 12.1 Å². The van der Waals surface area contributed by atoms with Crippen LogP contribution in [0.2, 0.25) is 0 Å². The zero-order valence-corrected chi connectivity index (χ0v) is 16.6. The van der Waals surface area contributed by atoms with Crippen molar-refractivity contribution < 1.29 is 22.4 Å². The highest BCUT2D eigenvalue weighted by Crippen LogP contribution is 2.21. The molecule has 148 valence electrons. The van der Waals surface area contributed by atoms with Gasteiger partial charge in [-0.2, -0.15) is 9.29 Å². The molecule has 3 rings (SSSR count). The Kier molecular flexibility index (Phi) is 5.96. The molecule has 1 aromatic heterocycles. The van der Waals surface area contributed by atoms with Crippen LogP contribution in [0.1, 0.15) is 11.5 Å². The second-order valence-corrected chi connectivity index (χ2v) is 8.10. The lowest BCUT2D eigenvalue weighted by Crippen LogP contribution is -2.29. The van der Waals surface area contributed by atoms with Gasteiger partial charge in [-0.25, -0.2) is 8.42 Å². The SMILES string of the molecule is COc1ccc(CN(Cc2nc(-c3ccc(OC)cc3)no2)S(C)(=O)=O)cc1. The van der Waals surface area contributed by atoms with E-state index in [-0.39, 0.29) is 19.0 Å². The summed E-state index contributed by atoms with van der Waals surface area (Å²) in [5, 5.41) is 3.94. The summed E-state index contributed by atoms with van der Waals surface area (Å²) < 4.78 is 41.2. The van der Waals surface area contributed by atoms with E-state index in [0.29, 0.717) is 11.6 Å². The molecule has 0 saturated heterocycles. The van der Waals surface area contributed by atoms with E-state index >= 15 is 0 Å². The molecule has 0 unspecified atom stereocenters. The van der Waals surface area contributed by atoms with Crippen molar-refractivity contribution in [2.45, 2.75) is 13.1 Å². The quantitative estimate of drug-likeness (QED) is 0.571. The minimum absolute atomic E-state index is 0.0198. The molecule has 0 saturated carbocycles. The lowest BCUT2D eigenvalue weighted by atomic mass is 10.2. The van der Waals surface area contributed by atoms with Crippen molar-refractivity contribution in [1.29, 1.82) is 0 Å². The van der Waals surface area contributed by atoms with Crippen LogP contribution in [0, 0.1) is 0 Å². The second-order valence-electron chi connectivity index (χ2n) is 6.12. The Balaban J connectivity index is 1.76. The van der Waals surface area contributed by atoms with E-state index in [0.717, 1.165) is 23.1 Å². The number of aromatic nitrogens is 2. The Hall–Kier alpha value is -2.91. The van der Waals surface area contributed by atoms with Crippen LogP contribution >= 0.6 is 0 Å². The van der Waals surface area contributed by atoms with Gasteiger partial charge in [0.25, 0.3) is 0 Å². The fourth-order valence-electron chi connectivity index (χ4n) is 2.55. The number of ether oxygens (including phenoxy) is 2. The zero-order valence-electron chi connectivity index (χ0n) is 15.8. The van der Waals surface area contributed by atoms with Gasteiger partial charge in [0.05, 0.1) is 27.0 Å². The Morgan fingerprint density at radius 3 is 2.04 bits per heavy atom. The van der Waals surface area contributed by atoms with E-state index < -0.39 is 10.0 Å². The third-order valence-electron chi connectivity index (χ3n) is 4.11. The third kappa shape index (κ3) is 4.87. The molecular weight excluding hydrogens is 382 g/mol. The van der Waals surface area contributed by atoms with E-state index in [2.05, 4.69) is 10.1 Å². The van der Waals surface area contributed by atoms with Crippen LogP contribution in [0.3, 0.4) is 0 Å². The minimum Gasteiger partial charge on any atom is -0.497 e. The molecule has 0 spiro atoms. The smallest absolute Gasteiger partial charge is 0.242 e. The summed E-state index contributed by atoms with van der Waals surface area (Å²) in [7, 11) is -0.319. The van der Waals surface area contributed by atoms with Crippen LogP contribution in [0.5, 0.6) is 11.5 Å². The summed E-state index contributed by atoms with van der Waals surface area (Å²) in [5.74, 6) is 2.02. The van der Waals surface area contributed by atoms with Crippen LogP contribution in [-0.4, -0.2) is 43.3 Å². The standard InChI is InChI=1S/C19H21N3O5S/c1-25-16-8-4-14(5-9-16)12-22(28(3,23)24)13-18-20-19(21-27-18)15-6-10-17(26-2)11-7-15/h4-11H,12-13H2,1-3H3. The first kappa shape index (κ1) is 19.8. The Bertz CT molecular complexity index is 1010. The maximum atomic E-state index is 12.2. The average molecular weight is 403 g/mol. The first-order valence-corrected chi connectivity index (χ1v) is 10.3. The van der Waals surface area contributed by atoms with E-state index in [1.165, 1.54) is 4.31 Å². The van der Waals surface area contributed by atoms with E-state index in [1.54, 1.807) is 50.6 Å². The molecule has 0 N–H and O–H groups in total. The van der Waals surface area contributed by atoms with Crippen molar-refractivity contribution in [3.63, 3.8) is 0 Å². The zero-order chi connectivity index (χ0) is 20.1. The third-order valence-corrected chi connectivity index (χ3v) is 5.31. The van der Waals surface area contributed by atoms with Crippen molar-refractivity contribution in [2.24, 2.45) is 0 Å². The average Bonchev–Trinajstić information content (AvgIpc) is 3.16. The number of hydrogen-bond donors (Lipinski definition) is 0. The summed E-state index contributed by atoms with van der Waals surface area (Å²) in [6, 6.07) is 14.4. The molecule has 0 radical (unpaired) electrons. The Morgan fingerprint density at radius 1 is 0.929 bits per heavy atom. The molecule has 0 aliphatic carbocycles. The van der Waals surface area contributed by atoms with E-state index in [4.69, 9.17) is 14.0 Å². The number of methoxy groups -OCH3 is 2. The molecular formula is C19H21N3O5S. The van der Waals surface area contributed by atoms with Crippen LogP contribution in [0.25, 0.3) is 11.4 Å². The number of hydrogen-bond acceptors (Lipinski definition) is 7. The largest absolute Gasteiger partial charge is 0.497 e. The molecule has 0 aliphatic heterocycles. The highest BCUT2D eigenvalue weighted by atomic mass is 32.2. The van der Waals surface area contributed by atoms with E-state index in [9.17, 15) is 8.42 Å². The molecule has 0 amide bonds. The molecule has 0 bridgehead atoms. The normalized spacial score (nSPS) is 11.6. The van der Waals surface area contributed by atoms with Gasteiger partial charge in [-0.05, 0) is 42.0 Å². The minimum atomic E-state index is -3.48. The number of benzene rings is 2. The molecule has 1 heterocycles. The van der Waals surface area contributed by atoms with Crippen molar-refractivity contribution in [3.05, 3.63) is 60.0 Å².